The molecule has 2 rings (SSSR count). The van der Waals surface area contributed by atoms with Crippen LogP contribution < -0.4 is 15.2 Å². The van der Waals surface area contributed by atoms with E-state index in [1.807, 2.05) is 25.1 Å². The molecule has 1 fully saturated rings. The number of rotatable bonds is 6. The zero-order valence-corrected chi connectivity index (χ0v) is 12.3. The first kappa shape index (κ1) is 15.1. The van der Waals surface area contributed by atoms with Gasteiger partial charge < -0.3 is 19.9 Å². The number of hydrogen-bond donors (Lipinski definition) is 1. The molecule has 0 aliphatic carbocycles. The Kier molecular flexibility index (Phi) is 5.64. The van der Waals surface area contributed by atoms with Crippen LogP contribution in [0.1, 0.15) is 18.5 Å². The van der Waals surface area contributed by atoms with Crippen molar-refractivity contribution in [1.29, 1.82) is 0 Å². The van der Waals surface area contributed by atoms with E-state index < -0.39 is 0 Å². The van der Waals surface area contributed by atoms with Gasteiger partial charge >= 0.3 is 0 Å². The van der Waals surface area contributed by atoms with Crippen molar-refractivity contribution in [2.75, 3.05) is 46.6 Å². The van der Waals surface area contributed by atoms with Gasteiger partial charge in [0.2, 0.25) is 0 Å². The summed E-state index contributed by atoms with van der Waals surface area (Å²) in [5, 5.41) is 0. The zero-order chi connectivity index (χ0) is 14.4. The molecule has 112 valence electrons. The summed E-state index contributed by atoms with van der Waals surface area (Å²) in [5.74, 6) is 1.60. The fourth-order valence-corrected chi connectivity index (χ4v) is 2.25. The molecule has 2 N–H and O–H groups in total. The van der Waals surface area contributed by atoms with Crippen molar-refractivity contribution in [3.8, 4) is 11.5 Å². The number of nitrogens with two attached hydrogens (primary N) is 1. The van der Waals surface area contributed by atoms with Gasteiger partial charge in [-0.1, -0.05) is 6.07 Å². The summed E-state index contributed by atoms with van der Waals surface area (Å²) in [7, 11) is 1.65. The van der Waals surface area contributed by atoms with Crippen LogP contribution in [-0.4, -0.2) is 51.5 Å². The normalized spacial score (nSPS) is 17.8. The third-order valence-corrected chi connectivity index (χ3v) is 3.48. The first-order valence-corrected chi connectivity index (χ1v) is 7.07. The molecule has 0 spiro atoms. The second kappa shape index (κ2) is 7.47. The first-order chi connectivity index (χ1) is 9.70. The van der Waals surface area contributed by atoms with Crippen LogP contribution in [0.5, 0.6) is 11.5 Å². The molecule has 5 heteroatoms. The number of methoxy groups -OCH3 is 1. The molecule has 0 bridgehead atoms. The Morgan fingerprint density at radius 1 is 1.35 bits per heavy atom. The molecule has 1 aliphatic rings. The Morgan fingerprint density at radius 3 is 2.75 bits per heavy atom. The summed E-state index contributed by atoms with van der Waals surface area (Å²) in [4.78, 5) is 2.34. The van der Waals surface area contributed by atoms with E-state index in [4.69, 9.17) is 19.9 Å². The van der Waals surface area contributed by atoms with Crippen molar-refractivity contribution >= 4 is 0 Å². The van der Waals surface area contributed by atoms with E-state index in [-0.39, 0.29) is 6.04 Å². The average Bonchev–Trinajstić information content (AvgIpc) is 2.48. The fourth-order valence-electron chi connectivity index (χ4n) is 2.25. The van der Waals surface area contributed by atoms with Crippen molar-refractivity contribution in [2.45, 2.75) is 13.0 Å². The molecule has 1 saturated heterocycles. The molecule has 0 aromatic heterocycles. The molecule has 0 saturated carbocycles. The highest BCUT2D eigenvalue weighted by Gasteiger charge is 2.12. The molecular weight excluding hydrogens is 256 g/mol. The lowest BCUT2D eigenvalue weighted by Crippen LogP contribution is -2.38. The molecule has 20 heavy (non-hydrogen) atoms. The van der Waals surface area contributed by atoms with Gasteiger partial charge in [0.1, 0.15) is 18.1 Å². The lowest BCUT2D eigenvalue weighted by molar-refractivity contribution is 0.0322. The van der Waals surface area contributed by atoms with Crippen molar-refractivity contribution < 1.29 is 14.2 Å². The smallest absolute Gasteiger partial charge is 0.127 e. The van der Waals surface area contributed by atoms with Crippen LogP contribution in [0, 0.1) is 0 Å². The van der Waals surface area contributed by atoms with Crippen LogP contribution in [-0.2, 0) is 4.74 Å². The maximum absolute atomic E-state index is 5.97. The maximum Gasteiger partial charge on any atom is 0.127 e. The summed E-state index contributed by atoms with van der Waals surface area (Å²) in [6.45, 7) is 7.07. The Labute approximate surface area is 120 Å². The topological polar surface area (TPSA) is 57.0 Å². The molecule has 0 amide bonds. The quantitative estimate of drug-likeness (QED) is 0.854. The zero-order valence-electron chi connectivity index (χ0n) is 12.3. The molecule has 0 radical (unpaired) electrons. The van der Waals surface area contributed by atoms with Crippen LogP contribution in [0.15, 0.2) is 18.2 Å². The third-order valence-electron chi connectivity index (χ3n) is 3.48. The number of morpholine rings is 1. The van der Waals surface area contributed by atoms with Gasteiger partial charge in [-0.05, 0) is 13.0 Å². The molecule has 1 aliphatic heterocycles. The highest BCUT2D eigenvalue weighted by atomic mass is 16.5. The molecule has 1 aromatic carbocycles. The number of hydrogen-bond acceptors (Lipinski definition) is 5. The first-order valence-electron chi connectivity index (χ1n) is 7.07. The van der Waals surface area contributed by atoms with Crippen LogP contribution >= 0.6 is 0 Å². The summed E-state index contributed by atoms with van der Waals surface area (Å²) < 4.78 is 16.5. The number of benzene rings is 1. The summed E-state index contributed by atoms with van der Waals surface area (Å²) in [5.41, 5.74) is 6.98. The number of nitrogens with zero attached hydrogens (tertiary/aromatic N) is 1. The Bertz CT molecular complexity index is 418. The Hall–Kier alpha value is -1.30. The maximum atomic E-state index is 5.97. The van der Waals surface area contributed by atoms with Gasteiger partial charge in [-0.2, -0.15) is 0 Å². The minimum atomic E-state index is -0.0562. The van der Waals surface area contributed by atoms with Gasteiger partial charge in [-0.25, -0.2) is 0 Å². The molecule has 1 atom stereocenters. The van der Waals surface area contributed by atoms with Crippen LogP contribution in [0.25, 0.3) is 0 Å². The third kappa shape index (κ3) is 4.10. The van der Waals surface area contributed by atoms with Gasteiger partial charge in [-0.3, -0.25) is 4.90 Å². The lowest BCUT2D eigenvalue weighted by atomic mass is 10.1. The van der Waals surface area contributed by atoms with Gasteiger partial charge in [0, 0.05) is 37.3 Å². The highest BCUT2D eigenvalue weighted by Crippen LogP contribution is 2.28. The van der Waals surface area contributed by atoms with Crippen molar-refractivity contribution in [2.24, 2.45) is 5.73 Å². The van der Waals surface area contributed by atoms with Crippen molar-refractivity contribution in [3.63, 3.8) is 0 Å². The SMILES string of the molecule is COc1ccc([C@@H](C)N)c(OCCN2CCOCC2)c1. The van der Waals surface area contributed by atoms with E-state index in [0.29, 0.717) is 6.61 Å². The van der Waals surface area contributed by atoms with Gasteiger partial charge in [0.15, 0.2) is 0 Å². The molecule has 0 unspecified atom stereocenters. The van der Waals surface area contributed by atoms with Crippen molar-refractivity contribution in [1.82, 2.24) is 4.90 Å². The second-order valence-electron chi connectivity index (χ2n) is 4.99. The molecule has 1 heterocycles. The monoisotopic (exact) mass is 280 g/mol. The molecule has 1 aromatic rings. The van der Waals surface area contributed by atoms with E-state index >= 15 is 0 Å². The predicted molar refractivity (Wildman–Crippen MR) is 78.4 cm³/mol. The second-order valence-corrected chi connectivity index (χ2v) is 4.99. The largest absolute Gasteiger partial charge is 0.497 e. The van der Waals surface area contributed by atoms with Crippen molar-refractivity contribution in [3.05, 3.63) is 23.8 Å². The van der Waals surface area contributed by atoms with Gasteiger partial charge in [-0.15, -0.1) is 0 Å². The van der Waals surface area contributed by atoms with Crippen LogP contribution in [0.3, 0.4) is 0 Å². The standard InChI is InChI=1S/C15H24N2O3/c1-12(16)14-4-3-13(18-2)11-15(14)20-10-7-17-5-8-19-9-6-17/h3-4,11-12H,5-10,16H2,1-2H3/t12-/m1/s1. The minimum Gasteiger partial charge on any atom is -0.497 e. The van der Waals surface area contributed by atoms with E-state index in [0.717, 1.165) is 49.9 Å². The highest BCUT2D eigenvalue weighted by molar-refractivity contribution is 5.42. The predicted octanol–water partition coefficient (Wildman–Crippen LogP) is 1.43. The summed E-state index contributed by atoms with van der Waals surface area (Å²) in [6.07, 6.45) is 0. The fraction of sp³-hybridized carbons (Fsp3) is 0.600. The summed E-state index contributed by atoms with van der Waals surface area (Å²) in [6, 6.07) is 5.72. The van der Waals surface area contributed by atoms with Crippen LogP contribution in [0.2, 0.25) is 0 Å². The van der Waals surface area contributed by atoms with E-state index in [1.165, 1.54) is 0 Å². The van der Waals surface area contributed by atoms with Crippen LogP contribution in [0.4, 0.5) is 0 Å². The number of ether oxygens (including phenoxy) is 3. The van der Waals surface area contributed by atoms with E-state index in [1.54, 1.807) is 7.11 Å². The molecular formula is C15H24N2O3. The lowest BCUT2D eigenvalue weighted by Gasteiger charge is -2.26. The summed E-state index contributed by atoms with van der Waals surface area (Å²) >= 11 is 0. The Morgan fingerprint density at radius 2 is 2.10 bits per heavy atom. The Balaban J connectivity index is 1.92. The van der Waals surface area contributed by atoms with Gasteiger partial charge in [0.05, 0.1) is 20.3 Å². The minimum absolute atomic E-state index is 0.0562. The van der Waals surface area contributed by atoms with E-state index in [9.17, 15) is 0 Å². The average molecular weight is 280 g/mol. The molecule has 5 nitrogen and oxygen atoms in total. The van der Waals surface area contributed by atoms with Gasteiger partial charge in [0.25, 0.3) is 0 Å². The van der Waals surface area contributed by atoms with E-state index in [2.05, 4.69) is 4.90 Å².